The van der Waals surface area contributed by atoms with E-state index in [9.17, 15) is 18.0 Å². The summed E-state index contributed by atoms with van der Waals surface area (Å²) < 4.78 is 40.8. The van der Waals surface area contributed by atoms with Gasteiger partial charge >= 0.3 is 0 Å². The molecule has 1 atom stereocenters. The third kappa shape index (κ3) is 4.10. The normalized spacial score (nSPS) is 12.3. The minimum Gasteiger partial charge on any atom is -0.320 e. The SMILES string of the molecule is CC(C(=O)Nc1c(F)cccc1F)N(C)Cc1ccccc1F. The quantitative estimate of drug-likeness (QED) is 0.913. The highest BCUT2D eigenvalue weighted by molar-refractivity contribution is 5.94. The molecule has 0 fully saturated rings. The standard InChI is InChI=1S/C17H17F3N2O/c1-11(22(2)10-12-6-3-4-7-13(12)18)17(23)21-16-14(19)8-5-9-15(16)20/h3-9,11H,10H2,1-2H3,(H,21,23). The Morgan fingerprint density at radius 1 is 1.04 bits per heavy atom. The number of anilines is 1. The Morgan fingerprint density at radius 3 is 2.22 bits per heavy atom. The predicted octanol–water partition coefficient (Wildman–Crippen LogP) is 3.56. The first kappa shape index (κ1) is 17.0. The molecule has 0 heterocycles. The van der Waals surface area contributed by atoms with Gasteiger partial charge in [-0.2, -0.15) is 0 Å². The summed E-state index contributed by atoms with van der Waals surface area (Å²) in [5.74, 6) is -2.63. The fraction of sp³-hybridized carbons (Fsp3) is 0.235. The van der Waals surface area contributed by atoms with Gasteiger partial charge in [-0.15, -0.1) is 0 Å². The number of halogens is 3. The van der Waals surface area contributed by atoms with Gasteiger partial charge in [-0.3, -0.25) is 9.69 Å². The Labute approximate surface area is 132 Å². The number of nitrogens with zero attached hydrogens (tertiary/aromatic N) is 1. The second kappa shape index (κ2) is 7.28. The highest BCUT2D eigenvalue weighted by atomic mass is 19.1. The molecule has 122 valence electrons. The zero-order valence-electron chi connectivity index (χ0n) is 12.8. The van der Waals surface area contributed by atoms with Crippen molar-refractivity contribution in [3.63, 3.8) is 0 Å². The zero-order chi connectivity index (χ0) is 17.0. The molecule has 6 heteroatoms. The van der Waals surface area contributed by atoms with E-state index in [0.29, 0.717) is 5.56 Å². The predicted molar refractivity (Wildman–Crippen MR) is 82.3 cm³/mol. The van der Waals surface area contributed by atoms with Crippen molar-refractivity contribution < 1.29 is 18.0 Å². The Kier molecular flexibility index (Phi) is 5.39. The van der Waals surface area contributed by atoms with Crippen LogP contribution in [0.15, 0.2) is 42.5 Å². The largest absolute Gasteiger partial charge is 0.320 e. The molecule has 2 aromatic rings. The molecule has 0 aromatic heterocycles. The van der Waals surface area contributed by atoms with Crippen LogP contribution in [0.3, 0.4) is 0 Å². The van der Waals surface area contributed by atoms with Crippen molar-refractivity contribution in [1.82, 2.24) is 4.90 Å². The number of nitrogens with one attached hydrogen (secondary N) is 1. The maximum atomic E-state index is 13.6. The second-order valence-electron chi connectivity index (χ2n) is 5.27. The molecule has 0 aliphatic heterocycles. The molecule has 1 amide bonds. The van der Waals surface area contributed by atoms with Crippen LogP contribution >= 0.6 is 0 Å². The van der Waals surface area contributed by atoms with Crippen LogP contribution in [0.25, 0.3) is 0 Å². The first-order chi connectivity index (χ1) is 10.9. The summed E-state index contributed by atoms with van der Waals surface area (Å²) in [6.45, 7) is 1.77. The highest BCUT2D eigenvalue weighted by Crippen LogP contribution is 2.19. The first-order valence-electron chi connectivity index (χ1n) is 7.08. The minimum absolute atomic E-state index is 0.195. The third-order valence-corrected chi connectivity index (χ3v) is 3.63. The van der Waals surface area contributed by atoms with Crippen LogP contribution in [0.2, 0.25) is 0 Å². The molecular weight excluding hydrogens is 305 g/mol. The Hall–Kier alpha value is -2.34. The van der Waals surface area contributed by atoms with E-state index in [1.165, 1.54) is 12.1 Å². The fourth-order valence-corrected chi connectivity index (χ4v) is 2.08. The summed E-state index contributed by atoms with van der Waals surface area (Å²) in [5.41, 5.74) is -0.0460. The van der Waals surface area contributed by atoms with Crippen molar-refractivity contribution in [1.29, 1.82) is 0 Å². The van der Waals surface area contributed by atoms with E-state index in [1.54, 1.807) is 37.1 Å². The van der Waals surface area contributed by atoms with Gasteiger partial charge < -0.3 is 5.32 Å². The number of likely N-dealkylation sites (N-methyl/N-ethyl adjacent to an activating group) is 1. The van der Waals surface area contributed by atoms with Crippen molar-refractivity contribution in [2.75, 3.05) is 12.4 Å². The summed E-state index contributed by atoms with van der Waals surface area (Å²) in [4.78, 5) is 13.7. The third-order valence-electron chi connectivity index (χ3n) is 3.63. The van der Waals surface area contributed by atoms with Gasteiger partial charge in [0.2, 0.25) is 5.91 Å². The average Bonchev–Trinajstić information content (AvgIpc) is 2.52. The van der Waals surface area contributed by atoms with Crippen LogP contribution in [0.4, 0.5) is 18.9 Å². The summed E-state index contributed by atoms with van der Waals surface area (Å²) in [7, 11) is 1.63. The summed E-state index contributed by atoms with van der Waals surface area (Å²) in [5, 5.41) is 2.24. The van der Waals surface area contributed by atoms with Gasteiger partial charge in [0.25, 0.3) is 0 Å². The van der Waals surface area contributed by atoms with Crippen molar-refractivity contribution in [3.05, 3.63) is 65.5 Å². The van der Waals surface area contributed by atoms with Crippen LogP contribution in [-0.4, -0.2) is 23.9 Å². The molecule has 0 saturated carbocycles. The van der Waals surface area contributed by atoms with E-state index in [4.69, 9.17) is 0 Å². The minimum atomic E-state index is -0.845. The zero-order valence-corrected chi connectivity index (χ0v) is 12.8. The number of rotatable bonds is 5. The molecule has 1 unspecified atom stereocenters. The maximum absolute atomic E-state index is 13.6. The fourth-order valence-electron chi connectivity index (χ4n) is 2.08. The Morgan fingerprint density at radius 2 is 1.61 bits per heavy atom. The molecule has 0 aliphatic carbocycles. The molecule has 2 rings (SSSR count). The lowest BCUT2D eigenvalue weighted by atomic mass is 10.1. The number of benzene rings is 2. The molecular formula is C17H17F3N2O. The number of hydrogen-bond acceptors (Lipinski definition) is 2. The van der Waals surface area contributed by atoms with E-state index in [2.05, 4.69) is 5.32 Å². The van der Waals surface area contributed by atoms with Gasteiger partial charge in [0.05, 0.1) is 6.04 Å². The summed E-state index contributed by atoms with van der Waals surface area (Å²) in [6, 6.07) is 8.87. The van der Waals surface area contributed by atoms with Gasteiger partial charge in [0, 0.05) is 12.1 Å². The van der Waals surface area contributed by atoms with E-state index in [1.807, 2.05) is 0 Å². The number of para-hydroxylation sites is 1. The van der Waals surface area contributed by atoms with Crippen molar-refractivity contribution in [2.24, 2.45) is 0 Å². The van der Waals surface area contributed by atoms with E-state index < -0.39 is 29.3 Å². The van der Waals surface area contributed by atoms with Gasteiger partial charge in [0.15, 0.2) is 0 Å². The molecule has 0 saturated heterocycles. The first-order valence-corrected chi connectivity index (χ1v) is 7.08. The molecule has 0 radical (unpaired) electrons. The van der Waals surface area contributed by atoms with Gasteiger partial charge in [-0.05, 0) is 32.2 Å². The van der Waals surface area contributed by atoms with Crippen molar-refractivity contribution >= 4 is 11.6 Å². The number of amides is 1. The number of carbonyl (C=O) groups excluding carboxylic acids is 1. The highest BCUT2D eigenvalue weighted by Gasteiger charge is 2.21. The molecule has 1 N–H and O–H groups in total. The molecule has 3 nitrogen and oxygen atoms in total. The van der Waals surface area contributed by atoms with Crippen LogP contribution in [0.1, 0.15) is 12.5 Å². The van der Waals surface area contributed by atoms with Gasteiger partial charge in [0.1, 0.15) is 23.1 Å². The lowest BCUT2D eigenvalue weighted by Crippen LogP contribution is -2.39. The summed E-state index contributed by atoms with van der Waals surface area (Å²) in [6.07, 6.45) is 0. The van der Waals surface area contributed by atoms with E-state index in [0.717, 1.165) is 12.1 Å². The molecule has 0 bridgehead atoms. The lowest BCUT2D eigenvalue weighted by molar-refractivity contribution is -0.120. The lowest BCUT2D eigenvalue weighted by Gasteiger charge is -2.24. The topological polar surface area (TPSA) is 32.3 Å². The van der Waals surface area contributed by atoms with Crippen molar-refractivity contribution in [3.8, 4) is 0 Å². The van der Waals surface area contributed by atoms with Crippen LogP contribution in [0.5, 0.6) is 0 Å². The Bertz CT molecular complexity index is 686. The molecule has 0 aliphatic rings. The number of carbonyl (C=O) groups is 1. The number of hydrogen-bond donors (Lipinski definition) is 1. The van der Waals surface area contributed by atoms with E-state index >= 15 is 0 Å². The van der Waals surface area contributed by atoms with Gasteiger partial charge in [-0.25, -0.2) is 13.2 Å². The van der Waals surface area contributed by atoms with E-state index in [-0.39, 0.29) is 12.4 Å². The average molecular weight is 322 g/mol. The second-order valence-corrected chi connectivity index (χ2v) is 5.27. The molecule has 2 aromatic carbocycles. The molecule has 23 heavy (non-hydrogen) atoms. The smallest absolute Gasteiger partial charge is 0.241 e. The summed E-state index contributed by atoms with van der Waals surface area (Å²) >= 11 is 0. The molecule has 0 spiro atoms. The van der Waals surface area contributed by atoms with Crippen LogP contribution in [-0.2, 0) is 11.3 Å². The monoisotopic (exact) mass is 322 g/mol. The maximum Gasteiger partial charge on any atom is 0.241 e. The van der Waals surface area contributed by atoms with Crippen molar-refractivity contribution in [2.45, 2.75) is 19.5 Å². The van der Waals surface area contributed by atoms with Crippen LogP contribution < -0.4 is 5.32 Å². The van der Waals surface area contributed by atoms with Crippen LogP contribution in [0, 0.1) is 17.5 Å². The van der Waals surface area contributed by atoms with Gasteiger partial charge in [-0.1, -0.05) is 24.3 Å². The Balaban J connectivity index is 2.06.